The number of ether oxygens (including phenoxy) is 1. The summed E-state index contributed by atoms with van der Waals surface area (Å²) in [5.41, 5.74) is 10.7. The van der Waals surface area contributed by atoms with Crippen LogP contribution in [0.2, 0.25) is 0 Å². The van der Waals surface area contributed by atoms with Crippen molar-refractivity contribution in [2.45, 2.75) is 13.0 Å². The maximum atomic E-state index is 6.49. The number of pyridine rings is 1. The van der Waals surface area contributed by atoms with Crippen molar-refractivity contribution in [1.29, 1.82) is 0 Å². The largest absolute Gasteiger partial charge is 0.497 e. The summed E-state index contributed by atoms with van der Waals surface area (Å²) in [7, 11) is 1.67. The van der Waals surface area contributed by atoms with Crippen LogP contribution in [0.15, 0.2) is 54.7 Å². The minimum Gasteiger partial charge on any atom is -0.497 e. The number of benzene rings is 2. The molecule has 3 nitrogen and oxygen atoms in total. The molecule has 0 radical (unpaired) electrons. The van der Waals surface area contributed by atoms with Gasteiger partial charge < -0.3 is 10.5 Å². The number of hydrogen-bond donors (Lipinski definition) is 1. The zero-order valence-electron chi connectivity index (χ0n) is 12.2. The fraction of sp³-hybridized carbons (Fsp3) is 0.167. The van der Waals surface area contributed by atoms with Gasteiger partial charge >= 0.3 is 0 Å². The van der Waals surface area contributed by atoms with Crippen molar-refractivity contribution in [3.63, 3.8) is 0 Å². The molecule has 0 saturated heterocycles. The van der Waals surface area contributed by atoms with Gasteiger partial charge in [0, 0.05) is 11.6 Å². The van der Waals surface area contributed by atoms with E-state index in [-0.39, 0.29) is 6.04 Å². The van der Waals surface area contributed by atoms with Gasteiger partial charge in [0.15, 0.2) is 0 Å². The van der Waals surface area contributed by atoms with Gasteiger partial charge in [0.25, 0.3) is 0 Å². The SMILES string of the molecule is COc1ccc(C(N)c2cccc3cccnc23)c(C)c1. The molecule has 0 amide bonds. The van der Waals surface area contributed by atoms with Crippen molar-refractivity contribution >= 4 is 10.9 Å². The minimum atomic E-state index is -0.200. The standard InChI is InChI=1S/C18H18N2O/c1-12-11-14(21-2)8-9-15(12)17(19)16-7-3-5-13-6-4-10-20-18(13)16/h3-11,17H,19H2,1-2H3. The van der Waals surface area contributed by atoms with Gasteiger partial charge in [0.2, 0.25) is 0 Å². The second kappa shape index (κ2) is 5.54. The molecule has 1 aromatic heterocycles. The average molecular weight is 278 g/mol. The van der Waals surface area contributed by atoms with Gasteiger partial charge in [0.1, 0.15) is 5.75 Å². The van der Waals surface area contributed by atoms with Gasteiger partial charge in [0.05, 0.1) is 18.7 Å². The van der Waals surface area contributed by atoms with E-state index >= 15 is 0 Å². The molecule has 0 fully saturated rings. The van der Waals surface area contributed by atoms with Gasteiger partial charge in [-0.2, -0.15) is 0 Å². The summed E-state index contributed by atoms with van der Waals surface area (Å²) < 4.78 is 5.25. The molecule has 1 unspecified atom stereocenters. The molecule has 3 heteroatoms. The Balaban J connectivity index is 2.10. The highest BCUT2D eigenvalue weighted by Crippen LogP contribution is 2.29. The molecule has 0 saturated carbocycles. The van der Waals surface area contributed by atoms with E-state index in [0.29, 0.717) is 0 Å². The van der Waals surface area contributed by atoms with Crippen LogP contribution in [-0.2, 0) is 0 Å². The minimum absolute atomic E-state index is 0.200. The zero-order chi connectivity index (χ0) is 14.8. The topological polar surface area (TPSA) is 48.1 Å². The first-order valence-electron chi connectivity index (χ1n) is 6.94. The summed E-state index contributed by atoms with van der Waals surface area (Å²) in [6.07, 6.45) is 1.80. The first kappa shape index (κ1) is 13.6. The normalized spacial score (nSPS) is 12.3. The fourth-order valence-corrected chi connectivity index (χ4v) is 2.67. The van der Waals surface area contributed by atoms with Crippen molar-refractivity contribution < 1.29 is 4.74 Å². The molecule has 2 aromatic carbocycles. The van der Waals surface area contributed by atoms with Crippen molar-refractivity contribution in [1.82, 2.24) is 4.98 Å². The summed E-state index contributed by atoms with van der Waals surface area (Å²) in [5, 5.41) is 1.11. The van der Waals surface area contributed by atoms with Crippen LogP contribution in [0.4, 0.5) is 0 Å². The van der Waals surface area contributed by atoms with E-state index < -0.39 is 0 Å². The van der Waals surface area contributed by atoms with Gasteiger partial charge in [-0.3, -0.25) is 4.98 Å². The van der Waals surface area contributed by atoms with Gasteiger partial charge in [-0.05, 0) is 41.8 Å². The summed E-state index contributed by atoms with van der Waals surface area (Å²) in [6.45, 7) is 2.05. The Morgan fingerprint density at radius 1 is 1.05 bits per heavy atom. The third-order valence-corrected chi connectivity index (χ3v) is 3.81. The molecule has 0 aliphatic carbocycles. The Morgan fingerprint density at radius 3 is 2.62 bits per heavy atom. The van der Waals surface area contributed by atoms with Gasteiger partial charge in [-0.15, -0.1) is 0 Å². The Hall–Kier alpha value is -2.39. The molecule has 3 rings (SSSR count). The molecular weight excluding hydrogens is 260 g/mol. The number of rotatable bonds is 3. The van der Waals surface area contributed by atoms with Crippen LogP contribution in [0.1, 0.15) is 22.7 Å². The first-order chi connectivity index (χ1) is 10.2. The summed E-state index contributed by atoms with van der Waals surface area (Å²) >= 11 is 0. The highest BCUT2D eigenvalue weighted by atomic mass is 16.5. The predicted molar refractivity (Wildman–Crippen MR) is 85.5 cm³/mol. The number of fused-ring (bicyclic) bond motifs is 1. The van der Waals surface area contributed by atoms with Crippen LogP contribution in [0.3, 0.4) is 0 Å². The van der Waals surface area contributed by atoms with Crippen LogP contribution >= 0.6 is 0 Å². The molecule has 2 N–H and O–H groups in total. The quantitative estimate of drug-likeness (QED) is 0.796. The maximum Gasteiger partial charge on any atom is 0.119 e. The molecular formula is C18H18N2O. The van der Waals surface area contributed by atoms with Gasteiger partial charge in [-0.1, -0.05) is 30.3 Å². The van der Waals surface area contributed by atoms with E-state index in [1.807, 2.05) is 36.4 Å². The molecule has 106 valence electrons. The number of methoxy groups -OCH3 is 1. The summed E-state index contributed by atoms with van der Waals surface area (Å²) in [5.74, 6) is 0.847. The number of aryl methyl sites for hydroxylation is 1. The van der Waals surface area contributed by atoms with Crippen molar-refractivity contribution in [3.05, 3.63) is 71.4 Å². The molecule has 3 aromatic rings. The molecule has 0 bridgehead atoms. The predicted octanol–water partition coefficient (Wildman–Crippen LogP) is 3.60. The van der Waals surface area contributed by atoms with Crippen LogP contribution in [0.25, 0.3) is 10.9 Å². The third-order valence-electron chi connectivity index (χ3n) is 3.81. The number of nitrogens with two attached hydrogens (primary N) is 1. The van der Waals surface area contributed by atoms with Crippen molar-refractivity contribution in [3.8, 4) is 5.75 Å². The molecule has 1 heterocycles. The Labute approximate surface area is 124 Å². The summed E-state index contributed by atoms with van der Waals surface area (Å²) in [4.78, 5) is 4.49. The lowest BCUT2D eigenvalue weighted by molar-refractivity contribution is 0.414. The van der Waals surface area contributed by atoms with E-state index in [4.69, 9.17) is 10.5 Å². The fourth-order valence-electron chi connectivity index (χ4n) is 2.67. The summed E-state index contributed by atoms with van der Waals surface area (Å²) in [6, 6.07) is 15.9. The van der Waals surface area contributed by atoms with Crippen molar-refractivity contribution in [2.75, 3.05) is 7.11 Å². The second-order valence-corrected chi connectivity index (χ2v) is 5.12. The van der Waals surface area contributed by atoms with Crippen molar-refractivity contribution in [2.24, 2.45) is 5.73 Å². The number of aromatic nitrogens is 1. The molecule has 0 aliphatic heterocycles. The lowest BCUT2D eigenvalue weighted by atomic mass is 9.94. The third kappa shape index (κ3) is 2.48. The van der Waals surface area contributed by atoms with E-state index in [2.05, 4.69) is 24.0 Å². The highest BCUT2D eigenvalue weighted by Gasteiger charge is 2.15. The molecule has 21 heavy (non-hydrogen) atoms. The molecule has 1 atom stereocenters. The number of para-hydroxylation sites is 1. The van der Waals surface area contributed by atoms with E-state index in [1.54, 1.807) is 13.3 Å². The Bertz CT molecular complexity index is 778. The number of hydrogen-bond acceptors (Lipinski definition) is 3. The molecule has 0 spiro atoms. The average Bonchev–Trinajstić information content (AvgIpc) is 2.53. The van der Waals surface area contributed by atoms with E-state index in [0.717, 1.165) is 33.3 Å². The zero-order valence-corrected chi connectivity index (χ0v) is 12.2. The van der Waals surface area contributed by atoms with E-state index in [1.165, 1.54) is 0 Å². The number of nitrogens with zero attached hydrogens (tertiary/aromatic N) is 1. The monoisotopic (exact) mass is 278 g/mol. The molecule has 0 aliphatic rings. The second-order valence-electron chi connectivity index (χ2n) is 5.12. The van der Waals surface area contributed by atoms with Crippen LogP contribution in [-0.4, -0.2) is 12.1 Å². The Morgan fingerprint density at radius 2 is 1.86 bits per heavy atom. The Kier molecular flexibility index (Phi) is 3.59. The lowest BCUT2D eigenvalue weighted by Gasteiger charge is -2.17. The lowest BCUT2D eigenvalue weighted by Crippen LogP contribution is -2.14. The first-order valence-corrected chi connectivity index (χ1v) is 6.94. The van der Waals surface area contributed by atoms with E-state index in [9.17, 15) is 0 Å². The van der Waals surface area contributed by atoms with Gasteiger partial charge in [-0.25, -0.2) is 0 Å². The van der Waals surface area contributed by atoms with Crippen LogP contribution in [0, 0.1) is 6.92 Å². The van der Waals surface area contributed by atoms with Crippen LogP contribution in [0.5, 0.6) is 5.75 Å². The van der Waals surface area contributed by atoms with Crippen LogP contribution < -0.4 is 10.5 Å². The smallest absolute Gasteiger partial charge is 0.119 e. The maximum absolute atomic E-state index is 6.49. The highest BCUT2D eigenvalue weighted by molar-refractivity contribution is 5.82.